The minimum absolute atomic E-state index is 0.439. The van der Waals surface area contributed by atoms with Gasteiger partial charge in [-0.15, -0.1) is 0 Å². The number of benzene rings is 1. The Morgan fingerprint density at radius 1 is 1.17 bits per heavy atom. The number of esters is 2. The second-order valence-corrected chi connectivity index (χ2v) is 6.27. The van der Waals surface area contributed by atoms with Gasteiger partial charge in [-0.3, -0.25) is 9.59 Å². The largest absolute Gasteiger partial charge is 0.452 e. The van der Waals surface area contributed by atoms with Gasteiger partial charge in [0.1, 0.15) is 0 Å². The van der Waals surface area contributed by atoms with Crippen molar-refractivity contribution in [2.75, 3.05) is 6.54 Å². The average Bonchev–Trinajstić information content (AvgIpc) is 2.73. The second kappa shape index (κ2) is 6.89. The highest BCUT2D eigenvalue weighted by molar-refractivity contribution is 6.24. The Morgan fingerprint density at radius 2 is 1.78 bits per heavy atom. The van der Waals surface area contributed by atoms with E-state index in [0.717, 1.165) is 5.56 Å². The van der Waals surface area contributed by atoms with Gasteiger partial charge in [0.05, 0.1) is 0 Å². The highest BCUT2D eigenvalue weighted by Crippen LogP contribution is 2.48. The third-order valence-electron chi connectivity index (χ3n) is 4.16. The van der Waals surface area contributed by atoms with Gasteiger partial charge in [-0.1, -0.05) is 48.9 Å². The van der Waals surface area contributed by atoms with Crippen molar-refractivity contribution in [2.24, 2.45) is 0 Å². The molecular weight excluding hydrogens is 318 g/mol. The Labute approximate surface area is 141 Å². The molecule has 0 aliphatic carbocycles. The summed E-state index contributed by atoms with van der Waals surface area (Å²) < 4.78 is 11.0. The molecule has 1 saturated heterocycles. The first kappa shape index (κ1) is 17.8. The van der Waals surface area contributed by atoms with Crippen molar-refractivity contribution in [1.29, 1.82) is 0 Å². The fourth-order valence-electron chi connectivity index (χ4n) is 3.09. The molecule has 1 aliphatic heterocycles. The normalized spacial score (nSPS) is 27.7. The van der Waals surface area contributed by atoms with E-state index in [4.69, 9.17) is 21.1 Å². The molecule has 0 amide bonds. The van der Waals surface area contributed by atoms with Gasteiger partial charge in [0.15, 0.2) is 5.60 Å². The number of halogens is 1. The topological polar surface area (TPSA) is 55.8 Å². The van der Waals surface area contributed by atoms with Crippen LogP contribution in [0, 0.1) is 0 Å². The van der Waals surface area contributed by atoms with Crippen molar-refractivity contribution in [2.45, 2.75) is 50.9 Å². The molecule has 126 valence electrons. The molecule has 1 fully saturated rings. The summed E-state index contributed by atoms with van der Waals surface area (Å²) in [5.41, 5.74) is -0.0136. The molecule has 2 rings (SSSR count). The van der Waals surface area contributed by atoms with Crippen LogP contribution in [-0.2, 0) is 25.6 Å². The lowest BCUT2D eigenvalue weighted by Crippen LogP contribution is -2.57. The van der Waals surface area contributed by atoms with Crippen LogP contribution in [0.25, 0.3) is 0 Å². The standard InChI is InChI=1S/C17H22ClNO4/c1-4-16(22-13(2)20)10-11-19(17(16,18)23-14(3)21)12-15-8-6-5-7-9-15/h5-9H,4,10-12H2,1-3H3. The zero-order chi connectivity index (χ0) is 17.1. The molecule has 1 aromatic rings. The van der Waals surface area contributed by atoms with Crippen molar-refractivity contribution in [3.05, 3.63) is 35.9 Å². The molecule has 6 heteroatoms. The summed E-state index contributed by atoms with van der Waals surface area (Å²) in [6.45, 7) is 5.57. The van der Waals surface area contributed by atoms with Gasteiger partial charge >= 0.3 is 11.9 Å². The Balaban J connectivity index is 2.35. The summed E-state index contributed by atoms with van der Waals surface area (Å²) in [4.78, 5) is 25.0. The van der Waals surface area contributed by atoms with Crippen molar-refractivity contribution < 1.29 is 19.1 Å². The predicted octanol–water partition coefficient (Wildman–Crippen LogP) is 3.06. The van der Waals surface area contributed by atoms with Crippen LogP contribution in [0.3, 0.4) is 0 Å². The maximum absolute atomic E-state index is 11.6. The van der Waals surface area contributed by atoms with Crippen LogP contribution in [0.5, 0.6) is 0 Å². The number of hydrogen-bond acceptors (Lipinski definition) is 5. The van der Waals surface area contributed by atoms with Gasteiger partial charge in [0.25, 0.3) is 5.18 Å². The first-order valence-electron chi connectivity index (χ1n) is 7.70. The van der Waals surface area contributed by atoms with E-state index in [1.165, 1.54) is 13.8 Å². The van der Waals surface area contributed by atoms with Gasteiger partial charge in [-0.25, -0.2) is 4.90 Å². The summed E-state index contributed by atoms with van der Waals surface area (Å²) in [6.07, 6.45) is 0.960. The first-order chi connectivity index (χ1) is 10.8. The molecule has 0 spiro atoms. The van der Waals surface area contributed by atoms with Crippen LogP contribution in [0.4, 0.5) is 0 Å². The van der Waals surface area contributed by atoms with Crippen LogP contribution in [0.1, 0.15) is 39.2 Å². The van der Waals surface area contributed by atoms with E-state index in [-0.39, 0.29) is 0 Å². The number of alkyl halides is 1. The van der Waals surface area contributed by atoms with E-state index in [9.17, 15) is 9.59 Å². The molecule has 1 aliphatic rings. The number of likely N-dealkylation sites (tertiary alicyclic amines) is 1. The molecule has 0 N–H and O–H groups in total. The molecule has 5 nitrogen and oxygen atoms in total. The van der Waals surface area contributed by atoms with Crippen molar-refractivity contribution in [3.63, 3.8) is 0 Å². The van der Waals surface area contributed by atoms with E-state index >= 15 is 0 Å². The summed E-state index contributed by atoms with van der Waals surface area (Å²) in [6, 6.07) is 9.76. The molecule has 2 atom stereocenters. The Hall–Kier alpha value is -1.59. The SMILES string of the molecule is CCC1(OC(C)=O)CCN(Cc2ccccc2)C1(Cl)OC(C)=O. The number of ether oxygens (including phenoxy) is 2. The van der Waals surface area contributed by atoms with Gasteiger partial charge in [0, 0.05) is 33.4 Å². The third-order valence-corrected chi connectivity index (χ3v) is 4.82. The van der Waals surface area contributed by atoms with Crippen molar-refractivity contribution >= 4 is 23.5 Å². The van der Waals surface area contributed by atoms with Gasteiger partial charge in [0.2, 0.25) is 0 Å². The average molecular weight is 340 g/mol. The van der Waals surface area contributed by atoms with Crippen LogP contribution in [0.15, 0.2) is 30.3 Å². The van der Waals surface area contributed by atoms with Crippen LogP contribution < -0.4 is 0 Å². The Morgan fingerprint density at radius 3 is 2.30 bits per heavy atom. The van der Waals surface area contributed by atoms with Gasteiger partial charge < -0.3 is 9.47 Å². The number of hydrogen-bond donors (Lipinski definition) is 0. The third kappa shape index (κ3) is 3.51. The lowest BCUT2D eigenvalue weighted by Gasteiger charge is -2.42. The first-order valence-corrected chi connectivity index (χ1v) is 8.08. The lowest BCUT2D eigenvalue weighted by atomic mass is 9.97. The fourth-order valence-corrected chi connectivity index (χ4v) is 3.61. The van der Waals surface area contributed by atoms with Gasteiger partial charge in [-0.05, 0) is 12.0 Å². The fraction of sp³-hybridized carbons (Fsp3) is 0.529. The zero-order valence-corrected chi connectivity index (χ0v) is 14.4. The predicted molar refractivity (Wildman–Crippen MR) is 86.6 cm³/mol. The number of carbonyl (C=O) groups is 2. The molecule has 1 aromatic carbocycles. The van der Waals surface area contributed by atoms with E-state index in [2.05, 4.69) is 0 Å². The van der Waals surface area contributed by atoms with Crippen molar-refractivity contribution in [3.8, 4) is 0 Å². The maximum atomic E-state index is 11.6. The molecule has 0 aromatic heterocycles. The van der Waals surface area contributed by atoms with E-state index in [1.54, 1.807) is 0 Å². The highest BCUT2D eigenvalue weighted by Gasteiger charge is 2.63. The summed E-state index contributed by atoms with van der Waals surface area (Å²) in [5.74, 6) is -0.949. The van der Waals surface area contributed by atoms with Crippen LogP contribution >= 0.6 is 11.6 Å². The lowest BCUT2D eigenvalue weighted by molar-refractivity contribution is -0.207. The molecule has 0 radical (unpaired) electrons. The molecule has 2 unspecified atom stereocenters. The summed E-state index contributed by atoms with van der Waals surface area (Å²) in [7, 11) is 0. The minimum Gasteiger partial charge on any atom is -0.452 e. The van der Waals surface area contributed by atoms with Crippen LogP contribution in [-0.4, -0.2) is 34.2 Å². The Bertz CT molecular complexity index is 579. The second-order valence-electron chi connectivity index (χ2n) is 5.75. The molecule has 1 heterocycles. The molecular formula is C17H22ClNO4. The number of rotatable bonds is 5. The van der Waals surface area contributed by atoms with E-state index in [0.29, 0.717) is 25.9 Å². The monoisotopic (exact) mass is 339 g/mol. The molecule has 0 saturated carbocycles. The molecule has 23 heavy (non-hydrogen) atoms. The van der Waals surface area contributed by atoms with Crippen molar-refractivity contribution in [1.82, 2.24) is 4.90 Å². The number of nitrogens with zero attached hydrogens (tertiary/aromatic N) is 1. The van der Waals surface area contributed by atoms with Crippen LogP contribution in [0.2, 0.25) is 0 Å². The maximum Gasteiger partial charge on any atom is 0.305 e. The highest BCUT2D eigenvalue weighted by atomic mass is 35.5. The van der Waals surface area contributed by atoms with E-state index < -0.39 is 22.7 Å². The molecule has 0 bridgehead atoms. The summed E-state index contributed by atoms with van der Waals surface area (Å²) in [5, 5.41) is -1.50. The smallest absolute Gasteiger partial charge is 0.305 e. The minimum atomic E-state index is -1.50. The van der Waals surface area contributed by atoms with E-state index in [1.807, 2.05) is 42.2 Å². The Kier molecular flexibility index (Phi) is 5.32. The zero-order valence-electron chi connectivity index (χ0n) is 13.7. The van der Waals surface area contributed by atoms with Gasteiger partial charge in [-0.2, -0.15) is 0 Å². The quantitative estimate of drug-likeness (QED) is 0.469. The summed E-state index contributed by atoms with van der Waals surface area (Å²) >= 11 is 6.75. The number of carbonyl (C=O) groups excluding carboxylic acids is 2.